The molecule has 0 amide bonds. The zero-order valence-electron chi connectivity index (χ0n) is 23.5. The molecule has 1 aliphatic heterocycles. The van der Waals surface area contributed by atoms with Gasteiger partial charge in [-0.25, -0.2) is 13.4 Å². The van der Waals surface area contributed by atoms with Crippen molar-refractivity contribution in [2.75, 3.05) is 24.4 Å². The van der Waals surface area contributed by atoms with Gasteiger partial charge in [0.15, 0.2) is 0 Å². The number of likely N-dealkylation sites (tertiary alicyclic amines) is 1. The van der Waals surface area contributed by atoms with Crippen molar-refractivity contribution in [1.29, 1.82) is 0 Å². The maximum absolute atomic E-state index is 13.4. The smallest absolute Gasteiger partial charge is 0.264 e. The van der Waals surface area contributed by atoms with Crippen LogP contribution in [0.25, 0.3) is 44.2 Å². The summed E-state index contributed by atoms with van der Waals surface area (Å²) >= 11 is 0. The molecule has 0 spiro atoms. The number of hydrogen-bond acceptors (Lipinski definition) is 4. The second-order valence-corrected chi connectivity index (χ2v) is 12.9. The van der Waals surface area contributed by atoms with Crippen molar-refractivity contribution in [1.82, 2.24) is 14.9 Å². The van der Waals surface area contributed by atoms with Gasteiger partial charge in [-0.1, -0.05) is 72.8 Å². The molecule has 6 aromatic rings. The summed E-state index contributed by atoms with van der Waals surface area (Å²) in [5.41, 5.74) is 7.87. The maximum Gasteiger partial charge on any atom is 0.264 e. The largest absolute Gasteiger partial charge is 0.339 e. The fourth-order valence-corrected chi connectivity index (χ4v) is 7.25. The summed E-state index contributed by atoms with van der Waals surface area (Å²) in [6.07, 6.45) is 4.51. The van der Waals surface area contributed by atoms with Crippen LogP contribution in [0.5, 0.6) is 0 Å². The number of nitrogens with one attached hydrogen (secondary N) is 1. The first-order chi connectivity index (χ1) is 20.5. The average molecular weight is 573 g/mol. The third-order valence-electron chi connectivity index (χ3n) is 8.30. The number of anilines is 1. The molecule has 2 aromatic heterocycles. The van der Waals surface area contributed by atoms with E-state index in [0.717, 1.165) is 50.7 Å². The van der Waals surface area contributed by atoms with Crippen LogP contribution >= 0.6 is 0 Å². The molecule has 3 heterocycles. The monoisotopic (exact) mass is 572 g/mol. The van der Waals surface area contributed by atoms with Gasteiger partial charge in [-0.05, 0) is 73.0 Å². The minimum Gasteiger partial charge on any atom is -0.339 e. The van der Waals surface area contributed by atoms with Gasteiger partial charge in [0.05, 0.1) is 10.6 Å². The molecule has 210 valence electrons. The number of hydrogen-bond donors (Lipinski definition) is 1. The minimum atomic E-state index is -3.72. The summed E-state index contributed by atoms with van der Waals surface area (Å²) in [6.45, 7) is 3.32. The molecule has 1 fully saturated rings. The molecule has 0 radical (unpaired) electrons. The Bertz CT molecular complexity index is 1980. The number of pyridine rings is 1. The number of rotatable bonds is 7. The predicted octanol–water partition coefficient (Wildman–Crippen LogP) is 7.47. The molecule has 4 aromatic carbocycles. The highest BCUT2D eigenvalue weighted by molar-refractivity contribution is 7.92. The number of H-pyrrole nitrogens is 1. The quantitative estimate of drug-likeness (QED) is 0.215. The first-order valence-corrected chi connectivity index (χ1v) is 15.8. The lowest BCUT2D eigenvalue weighted by Crippen LogP contribution is -2.26. The van der Waals surface area contributed by atoms with Gasteiger partial charge in [0, 0.05) is 47.2 Å². The Balaban J connectivity index is 1.38. The molecule has 0 bridgehead atoms. The fraction of sp³-hybridized carbons (Fsp3) is 0.171. The van der Waals surface area contributed by atoms with E-state index in [-0.39, 0.29) is 4.90 Å². The normalized spacial score (nSPS) is 14.1. The molecule has 1 saturated heterocycles. The third kappa shape index (κ3) is 4.74. The van der Waals surface area contributed by atoms with Crippen LogP contribution in [0.4, 0.5) is 5.69 Å². The lowest BCUT2D eigenvalue weighted by molar-refractivity contribution is 0.331. The van der Waals surface area contributed by atoms with Gasteiger partial charge in [0.1, 0.15) is 5.65 Å². The van der Waals surface area contributed by atoms with Crippen molar-refractivity contribution in [3.05, 3.63) is 115 Å². The first-order valence-electron chi connectivity index (χ1n) is 14.3. The summed E-state index contributed by atoms with van der Waals surface area (Å²) in [5.74, 6) is 0. The van der Waals surface area contributed by atoms with E-state index in [0.29, 0.717) is 5.69 Å². The topological polar surface area (TPSA) is 69.3 Å². The fourth-order valence-electron chi connectivity index (χ4n) is 6.04. The van der Waals surface area contributed by atoms with E-state index in [1.165, 1.54) is 35.8 Å². The number of aromatic amines is 1. The van der Waals surface area contributed by atoms with Crippen molar-refractivity contribution >= 4 is 37.6 Å². The SMILES string of the molecule is CN(c1ccc2[nH]c3ncc(-c4ccc(CN5CCCC5)cc4)c(-c4ccccc4)c3c2c1)S(=O)(=O)c1ccccc1. The summed E-state index contributed by atoms with van der Waals surface area (Å²) in [5, 5.41) is 1.90. The molecule has 7 heteroatoms. The van der Waals surface area contributed by atoms with Gasteiger partial charge in [-0.2, -0.15) is 0 Å². The van der Waals surface area contributed by atoms with Crippen LogP contribution < -0.4 is 4.31 Å². The predicted molar refractivity (Wildman–Crippen MR) is 171 cm³/mol. The van der Waals surface area contributed by atoms with E-state index in [9.17, 15) is 8.42 Å². The van der Waals surface area contributed by atoms with E-state index >= 15 is 0 Å². The van der Waals surface area contributed by atoms with Gasteiger partial charge >= 0.3 is 0 Å². The van der Waals surface area contributed by atoms with Crippen molar-refractivity contribution < 1.29 is 8.42 Å². The zero-order valence-corrected chi connectivity index (χ0v) is 24.3. The van der Waals surface area contributed by atoms with Crippen LogP contribution in [0.1, 0.15) is 18.4 Å². The number of sulfonamides is 1. The average Bonchev–Trinajstić information content (AvgIpc) is 3.69. The van der Waals surface area contributed by atoms with Crippen LogP contribution in [0.2, 0.25) is 0 Å². The van der Waals surface area contributed by atoms with E-state index in [4.69, 9.17) is 4.98 Å². The van der Waals surface area contributed by atoms with Gasteiger partial charge in [0.25, 0.3) is 10.0 Å². The maximum atomic E-state index is 13.4. The highest BCUT2D eigenvalue weighted by Gasteiger charge is 2.23. The van der Waals surface area contributed by atoms with Gasteiger partial charge in [-0.3, -0.25) is 9.21 Å². The summed E-state index contributed by atoms with van der Waals surface area (Å²) in [7, 11) is -2.12. The molecule has 0 unspecified atom stereocenters. The molecular weight excluding hydrogens is 540 g/mol. The number of fused-ring (bicyclic) bond motifs is 3. The summed E-state index contributed by atoms with van der Waals surface area (Å²) in [4.78, 5) is 11.1. The molecule has 6 nitrogen and oxygen atoms in total. The third-order valence-corrected chi connectivity index (χ3v) is 10.1. The lowest BCUT2D eigenvalue weighted by Gasteiger charge is -2.20. The Morgan fingerprint density at radius 1 is 0.833 bits per heavy atom. The van der Waals surface area contributed by atoms with Crippen molar-refractivity contribution in [3.8, 4) is 22.3 Å². The second kappa shape index (κ2) is 10.7. The van der Waals surface area contributed by atoms with Gasteiger partial charge in [-0.15, -0.1) is 0 Å². The first kappa shape index (κ1) is 26.4. The minimum absolute atomic E-state index is 0.258. The number of nitrogens with zero attached hydrogens (tertiary/aromatic N) is 3. The Morgan fingerprint density at radius 3 is 2.24 bits per heavy atom. The molecule has 1 aliphatic rings. The van der Waals surface area contributed by atoms with Crippen molar-refractivity contribution in [2.24, 2.45) is 0 Å². The van der Waals surface area contributed by atoms with E-state index in [2.05, 4.69) is 46.3 Å². The van der Waals surface area contributed by atoms with Crippen LogP contribution in [-0.4, -0.2) is 43.4 Å². The Morgan fingerprint density at radius 2 is 1.52 bits per heavy atom. The van der Waals surface area contributed by atoms with Crippen LogP contribution in [-0.2, 0) is 16.6 Å². The highest BCUT2D eigenvalue weighted by atomic mass is 32.2. The number of benzene rings is 4. The molecular formula is C35H32N4O2S. The van der Waals surface area contributed by atoms with E-state index < -0.39 is 10.0 Å². The lowest BCUT2D eigenvalue weighted by atomic mass is 9.92. The Labute approximate surface area is 246 Å². The summed E-state index contributed by atoms with van der Waals surface area (Å²) < 4.78 is 28.2. The molecule has 7 rings (SSSR count). The van der Waals surface area contributed by atoms with Crippen molar-refractivity contribution in [3.63, 3.8) is 0 Å². The Kier molecular flexibility index (Phi) is 6.76. The van der Waals surface area contributed by atoms with Gasteiger partial charge in [0.2, 0.25) is 0 Å². The standard InChI is InChI=1S/C35H32N4O2S/c1-38(42(40,41)29-12-6-3-7-13-29)28-18-19-32-30(22-28)34-33(27-10-4-2-5-11-27)31(23-36-35(34)37-32)26-16-14-25(15-17-26)24-39-20-8-9-21-39/h2-7,10-19,22-23H,8-9,20-21,24H2,1H3,(H,36,37). The van der Waals surface area contributed by atoms with Crippen LogP contribution in [0.3, 0.4) is 0 Å². The molecule has 0 aliphatic carbocycles. The van der Waals surface area contributed by atoms with Crippen LogP contribution in [0.15, 0.2) is 114 Å². The second-order valence-electron chi connectivity index (χ2n) is 11.0. The molecule has 1 N–H and O–H groups in total. The molecule has 42 heavy (non-hydrogen) atoms. The van der Waals surface area contributed by atoms with Crippen LogP contribution in [0, 0.1) is 0 Å². The van der Waals surface area contributed by atoms with Gasteiger partial charge < -0.3 is 4.98 Å². The van der Waals surface area contributed by atoms with E-state index in [1.54, 1.807) is 31.3 Å². The van der Waals surface area contributed by atoms with E-state index in [1.807, 2.05) is 48.7 Å². The highest BCUT2D eigenvalue weighted by Crippen LogP contribution is 2.41. The Hall–Kier alpha value is -4.46. The van der Waals surface area contributed by atoms with Crippen molar-refractivity contribution in [2.45, 2.75) is 24.3 Å². The zero-order chi connectivity index (χ0) is 28.7. The summed E-state index contributed by atoms with van der Waals surface area (Å²) in [6, 6.07) is 33.4. The molecule has 0 atom stereocenters. The number of aromatic nitrogens is 2. The molecule has 0 saturated carbocycles.